The Labute approximate surface area is 226 Å². The Hall–Kier alpha value is -2.20. The monoisotopic (exact) mass is 534 g/mol. The van der Waals surface area contributed by atoms with Gasteiger partial charge in [0, 0.05) is 50.0 Å². The maximum atomic E-state index is 12.9. The third-order valence-electron chi connectivity index (χ3n) is 7.59. The summed E-state index contributed by atoms with van der Waals surface area (Å²) in [6.45, 7) is 14.9. The van der Waals surface area contributed by atoms with E-state index in [1.54, 1.807) is 17.0 Å². The van der Waals surface area contributed by atoms with E-state index in [-0.39, 0.29) is 23.0 Å². The molecule has 2 saturated heterocycles. The van der Waals surface area contributed by atoms with Crippen molar-refractivity contribution in [3.63, 3.8) is 0 Å². The number of hydrogen-bond acceptors (Lipinski definition) is 6. The molecule has 2 heterocycles. The van der Waals surface area contributed by atoms with Crippen molar-refractivity contribution < 1.29 is 14.4 Å². The number of carbonyl (C=O) groups is 3. The van der Waals surface area contributed by atoms with Crippen molar-refractivity contribution in [2.24, 2.45) is 0 Å². The first kappa shape index (κ1) is 29.4. The van der Waals surface area contributed by atoms with Crippen LogP contribution in [0.5, 0.6) is 0 Å². The van der Waals surface area contributed by atoms with Gasteiger partial charge in [-0.3, -0.25) is 19.3 Å². The van der Waals surface area contributed by atoms with Gasteiger partial charge in [0.1, 0.15) is 0 Å². The molecular weight excluding hydrogens is 492 g/mol. The SMILES string of the molecule is CCN(CC)CC(C)NC(=O)c1ccc(NC(=O)C(=O)N2CCN(C3CCN(C)CC3)C(C)C2)cc1Cl. The quantitative estimate of drug-likeness (QED) is 0.498. The van der Waals surface area contributed by atoms with Gasteiger partial charge < -0.3 is 25.3 Å². The number of halogens is 1. The molecular formula is C27H43ClN6O3. The largest absolute Gasteiger partial charge is 0.348 e. The van der Waals surface area contributed by atoms with E-state index >= 15 is 0 Å². The minimum Gasteiger partial charge on any atom is -0.348 e. The number of nitrogens with zero attached hydrogens (tertiary/aromatic N) is 4. The second kappa shape index (κ2) is 13.6. The van der Waals surface area contributed by atoms with Crippen LogP contribution in [0.3, 0.4) is 0 Å². The van der Waals surface area contributed by atoms with E-state index in [1.807, 2.05) is 6.92 Å². The summed E-state index contributed by atoms with van der Waals surface area (Å²) in [5, 5.41) is 5.84. The number of piperazine rings is 1. The van der Waals surface area contributed by atoms with Gasteiger partial charge >= 0.3 is 11.8 Å². The predicted molar refractivity (Wildman–Crippen MR) is 148 cm³/mol. The molecule has 2 N–H and O–H groups in total. The van der Waals surface area contributed by atoms with Crippen LogP contribution in [0.2, 0.25) is 5.02 Å². The fourth-order valence-electron chi connectivity index (χ4n) is 5.35. The fourth-order valence-corrected chi connectivity index (χ4v) is 5.61. The molecule has 2 atom stereocenters. The smallest absolute Gasteiger partial charge is 0.313 e. The molecule has 0 aromatic heterocycles. The van der Waals surface area contributed by atoms with Crippen LogP contribution >= 0.6 is 11.6 Å². The Morgan fingerprint density at radius 3 is 2.38 bits per heavy atom. The van der Waals surface area contributed by atoms with Gasteiger partial charge in [-0.25, -0.2) is 0 Å². The summed E-state index contributed by atoms with van der Waals surface area (Å²) in [5.41, 5.74) is 0.713. The standard InChI is InChI=1S/C27H43ClN6O3/c1-6-32(7-2)17-19(3)29-25(35)23-9-8-21(16-24(23)28)30-26(36)27(37)33-14-15-34(20(4)18-33)22-10-12-31(5)13-11-22/h8-9,16,19-20,22H,6-7,10-15,17-18H2,1-5H3,(H,29,35)(H,30,36). The highest BCUT2D eigenvalue weighted by atomic mass is 35.5. The fraction of sp³-hybridized carbons (Fsp3) is 0.667. The lowest BCUT2D eigenvalue weighted by Crippen LogP contribution is -2.59. The van der Waals surface area contributed by atoms with Crippen molar-refractivity contribution >= 4 is 35.0 Å². The van der Waals surface area contributed by atoms with E-state index in [2.05, 4.69) is 53.2 Å². The maximum absolute atomic E-state index is 12.9. The molecule has 3 rings (SSSR count). The Kier molecular flexibility index (Phi) is 10.8. The van der Waals surface area contributed by atoms with Crippen LogP contribution in [0, 0.1) is 0 Å². The lowest BCUT2D eigenvalue weighted by atomic mass is 10.00. The Morgan fingerprint density at radius 1 is 1.11 bits per heavy atom. The lowest BCUT2D eigenvalue weighted by Gasteiger charge is -2.45. The molecule has 0 bridgehead atoms. The molecule has 1 aromatic carbocycles. The summed E-state index contributed by atoms with van der Waals surface area (Å²) < 4.78 is 0. The van der Waals surface area contributed by atoms with Crippen molar-refractivity contribution in [3.8, 4) is 0 Å². The predicted octanol–water partition coefficient (Wildman–Crippen LogP) is 2.37. The third kappa shape index (κ3) is 7.89. The van der Waals surface area contributed by atoms with Gasteiger partial charge in [0.2, 0.25) is 0 Å². The van der Waals surface area contributed by atoms with Crippen molar-refractivity contribution in [1.29, 1.82) is 0 Å². The summed E-state index contributed by atoms with van der Waals surface area (Å²) in [7, 11) is 2.15. The number of likely N-dealkylation sites (N-methyl/N-ethyl adjacent to an activating group) is 1. The number of carbonyl (C=O) groups excluding carboxylic acids is 3. The van der Waals surface area contributed by atoms with Crippen LogP contribution < -0.4 is 10.6 Å². The summed E-state index contributed by atoms with van der Waals surface area (Å²) in [4.78, 5) is 47.0. The molecule has 37 heavy (non-hydrogen) atoms. The maximum Gasteiger partial charge on any atom is 0.313 e. The molecule has 0 radical (unpaired) electrons. The molecule has 206 valence electrons. The van der Waals surface area contributed by atoms with Gasteiger partial charge in [-0.15, -0.1) is 0 Å². The summed E-state index contributed by atoms with van der Waals surface area (Å²) in [6.07, 6.45) is 2.28. The number of nitrogens with one attached hydrogen (secondary N) is 2. The molecule has 2 unspecified atom stereocenters. The second-order valence-corrected chi connectivity index (χ2v) is 10.8. The van der Waals surface area contributed by atoms with E-state index < -0.39 is 11.8 Å². The van der Waals surface area contributed by atoms with E-state index in [1.165, 1.54) is 6.07 Å². The number of rotatable bonds is 8. The van der Waals surface area contributed by atoms with E-state index in [0.29, 0.717) is 30.4 Å². The molecule has 2 fully saturated rings. The first-order valence-electron chi connectivity index (χ1n) is 13.5. The summed E-state index contributed by atoms with van der Waals surface area (Å²) in [6, 6.07) is 5.39. The Balaban J connectivity index is 1.52. The number of anilines is 1. The average molecular weight is 535 g/mol. The Bertz CT molecular complexity index is 948. The van der Waals surface area contributed by atoms with Crippen LogP contribution in [0.4, 0.5) is 5.69 Å². The first-order chi connectivity index (χ1) is 17.6. The highest BCUT2D eigenvalue weighted by molar-refractivity contribution is 6.40. The lowest BCUT2D eigenvalue weighted by molar-refractivity contribution is -0.145. The number of piperidine rings is 1. The van der Waals surface area contributed by atoms with Crippen molar-refractivity contribution in [1.82, 2.24) is 24.9 Å². The molecule has 9 nitrogen and oxygen atoms in total. The van der Waals surface area contributed by atoms with Crippen LogP contribution in [0.1, 0.15) is 50.9 Å². The van der Waals surface area contributed by atoms with Gasteiger partial charge in [0.25, 0.3) is 5.91 Å². The van der Waals surface area contributed by atoms with Gasteiger partial charge in [0.05, 0.1) is 10.6 Å². The Morgan fingerprint density at radius 2 is 1.78 bits per heavy atom. The highest BCUT2D eigenvalue weighted by Crippen LogP contribution is 2.23. The van der Waals surface area contributed by atoms with Gasteiger partial charge in [-0.1, -0.05) is 25.4 Å². The summed E-state index contributed by atoms with van der Waals surface area (Å²) >= 11 is 6.37. The molecule has 1 aromatic rings. The molecule has 2 aliphatic heterocycles. The van der Waals surface area contributed by atoms with Crippen molar-refractivity contribution in [2.75, 3.05) is 64.7 Å². The first-order valence-corrected chi connectivity index (χ1v) is 13.9. The second-order valence-electron chi connectivity index (χ2n) is 10.4. The van der Waals surface area contributed by atoms with Crippen molar-refractivity contribution in [3.05, 3.63) is 28.8 Å². The average Bonchev–Trinajstić information content (AvgIpc) is 2.87. The normalized spacial score (nSPS) is 20.6. The third-order valence-corrected chi connectivity index (χ3v) is 7.91. The van der Waals surface area contributed by atoms with Crippen LogP contribution in [-0.2, 0) is 9.59 Å². The van der Waals surface area contributed by atoms with E-state index in [4.69, 9.17) is 11.6 Å². The van der Waals surface area contributed by atoms with Crippen LogP contribution in [0.15, 0.2) is 18.2 Å². The molecule has 10 heteroatoms. The number of amides is 3. The van der Waals surface area contributed by atoms with E-state index in [9.17, 15) is 14.4 Å². The highest BCUT2D eigenvalue weighted by Gasteiger charge is 2.34. The minimum absolute atomic E-state index is 0.0391. The molecule has 0 saturated carbocycles. The van der Waals surface area contributed by atoms with Crippen LogP contribution in [-0.4, -0.2) is 115 Å². The molecule has 3 amide bonds. The van der Waals surface area contributed by atoms with Crippen LogP contribution in [0.25, 0.3) is 0 Å². The number of likely N-dealkylation sites (tertiary alicyclic amines) is 1. The molecule has 0 aliphatic carbocycles. The molecule has 2 aliphatic rings. The topological polar surface area (TPSA) is 88.2 Å². The number of benzene rings is 1. The zero-order valence-corrected chi connectivity index (χ0v) is 23.7. The summed E-state index contributed by atoms with van der Waals surface area (Å²) in [5.74, 6) is -1.51. The number of hydrogen-bond donors (Lipinski definition) is 2. The van der Waals surface area contributed by atoms with E-state index in [0.717, 1.165) is 52.1 Å². The van der Waals surface area contributed by atoms with Gasteiger partial charge in [0.15, 0.2) is 0 Å². The van der Waals surface area contributed by atoms with Gasteiger partial charge in [-0.05, 0) is 78.1 Å². The zero-order chi connectivity index (χ0) is 27.1. The van der Waals surface area contributed by atoms with Gasteiger partial charge in [-0.2, -0.15) is 0 Å². The van der Waals surface area contributed by atoms with Crippen molar-refractivity contribution in [2.45, 2.75) is 58.7 Å². The zero-order valence-electron chi connectivity index (χ0n) is 22.9. The molecule has 0 spiro atoms. The minimum atomic E-state index is -0.693.